The van der Waals surface area contributed by atoms with Gasteiger partial charge in [-0.2, -0.15) is 0 Å². The van der Waals surface area contributed by atoms with E-state index in [0.29, 0.717) is 6.54 Å². The topological polar surface area (TPSA) is 63.2 Å². The largest absolute Gasteiger partial charge is 0.444 e. The molecule has 0 fully saturated rings. The summed E-state index contributed by atoms with van der Waals surface area (Å²) in [7, 11) is 0. The number of alkyl carbamates (subject to hydrolysis) is 1. The highest BCUT2D eigenvalue weighted by Crippen LogP contribution is 2.26. The molecule has 0 aromatic carbocycles. The van der Waals surface area contributed by atoms with Crippen molar-refractivity contribution in [3.05, 3.63) is 16.1 Å². The molecule has 0 saturated carbocycles. The Kier molecular flexibility index (Phi) is 6.38. The maximum absolute atomic E-state index is 11.6. The van der Waals surface area contributed by atoms with Crippen LogP contribution in [0.4, 0.5) is 4.79 Å². The van der Waals surface area contributed by atoms with Crippen LogP contribution in [0.2, 0.25) is 0 Å². The minimum atomic E-state index is -0.469. The van der Waals surface area contributed by atoms with Gasteiger partial charge in [0.15, 0.2) is 0 Å². The highest BCUT2D eigenvalue weighted by Gasteiger charge is 2.19. The number of nitrogens with one attached hydrogen (secondary N) is 2. The van der Waals surface area contributed by atoms with Crippen LogP contribution in [0.25, 0.3) is 0 Å². The van der Waals surface area contributed by atoms with Crippen LogP contribution >= 0.6 is 11.3 Å². The van der Waals surface area contributed by atoms with E-state index in [4.69, 9.17) is 4.74 Å². The molecule has 1 atom stereocenters. The second-order valence-corrected chi connectivity index (χ2v) is 8.68. The molecule has 1 rings (SSSR count). The van der Waals surface area contributed by atoms with Gasteiger partial charge in [-0.25, -0.2) is 9.78 Å². The standard InChI is InChI=1S/C16H29N3O2S/c1-11(19-14(20)21-16(5,6)7)8-17-9-12-10-18-13(22-12)15(2,3)4/h10-11,17H,8-9H2,1-7H3,(H,19,20). The van der Waals surface area contributed by atoms with E-state index < -0.39 is 5.60 Å². The Morgan fingerprint density at radius 3 is 2.45 bits per heavy atom. The second kappa shape index (κ2) is 7.42. The molecule has 0 aliphatic carbocycles. The van der Waals surface area contributed by atoms with Crippen molar-refractivity contribution in [2.75, 3.05) is 6.54 Å². The van der Waals surface area contributed by atoms with Crippen molar-refractivity contribution in [3.63, 3.8) is 0 Å². The SMILES string of the molecule is CC(CNCc1cnc(C(C)(C)C)s1)NC(=O)OC(C)(C)C. The minimum absolute atomic E-state index is 0.00450. The van der Waals surface area contributed by atoms with Crippen molar-refractivity contribution in [3.8, 4) is 0 Å². The lowest BCUT2D eigenvalue weighted by Gasteiger charge is -2.22. The maximum Gasteiger partial charge on any atom is 0.407 e. The first-order valence-electron chi connectivity index (χ1n) is 7.63. The van der Waals surface area contributed by atoms with Gasteiger partial charge < -0.3 is 15.4 Å². The molecule has 1 amide bonds. The Labute approximate surface area is 137 Å². The van der Waals surface area contributed by atoms with Crippen molar-refractivity contribution in [2.45, 2.75) is 72.1 Å². The smallest absolute Gasteiger partial charge is 0.407 e. The number of hydrogen-bond acceptors (Lipinski definition) is 5. The monoisotopic (exact) mass is 327 g/mol. The summed E-state index contributed by atoms with van der Waals surface area (Å²) in [6.07, 6.45) is 1.54. The van der Waals surface area contributed by atoms with Gasteiger partial charge in [0, 0.05) is 35.6 Å². The molecular formula is C16H29N3O2S. The molecule has 0 aliphatic rings. The van der Waals surface area contributed by atoms with Crippen molar-refractivity contribution in [2.24, 2.45) is 0 Å². The van der Waals surface area contributed by atoms with E-state index in [0.717, 1.165) is 11.6 Å². The predicted molar refractivity (Wildman–Crippen MR) is 91.4 cm³/mol. The highest BCUT2D eigenvalue weighted by atomic mass is 32.1. The molecule has 0 spiro atoms. The van der Waals surface area contributed by atoms with E-state index in [9.17, 15) is 4.79 Å². The van der Waals surface area contributed by atoms with Gasteiger partial charge in [-0.1, -0.05) is 20.8 Å². The molecule has 22 heavy (non-hydrogen) atoms. The Morgan fingerprint density at radius 2 is 1.95 bits per heavy atom. The molecule has 0 aliphatic heterocycles. The highest BCUT2D eigenvalue weighted by molar-refractivity contribution is 7.11. The third kappa shape index (κ3) is 7.22. The van der Waals surface area contributed by atoms with Crippen LogP contribution in [0.1, 0.15) is 58.4 Å². The van der Waals surface area contributed by atoms with Gasteiger partial charge in [0.1, 0.15) is 5.60 Å². The Hall–Kier alpha value is -1.14. The van der Waals surface area contributed by atoms with E-state index in [2.05, 4.69) is 36.4 Å². The zero-order valence-electron chi connectivity index (χ0n) is 14.7. The molecular weight excluding hydrogens is 298 g/mol. The molecule has 6 heteroatoms. The zero-order chi connectivity index (χ0) is 17.0. The molecule has 126 valence electrons. The zero-order valence-corrected chi connectivity index (χ0v) is 15.6. The lowest BCUT2D eigenvalue weighted by Crippen LogP contribution is -2.42. The van der Waals surface area contributed by atoms with Crippen molar-refractivity contribution >= 4 is 17.4 Å². The lowest BCUT2D eigenvalue weighted by molar-refractivity contribution is 0.0508. The van der Waals surface area contributed by atoms with Crippen LogP contribution in [-0.4, -0.2) is 29.3 Å². The number of ether oxygens (including phenoxy) is 1. The summed E-state index contributed by atoms with van der Waals surface area (Å²) >= 11 is 1.73. The first kappa shape index (κ1) is 18.9. The molecule has 1 heterocycles. The Balaban J connectivity index is 2.32. The molecule has 1 aromatic rings. The number of nitrogens with zero attached hydrogens (tertiary/aromatic N) is 1. The summed E-state index contributed by atoms with van der Waals surface area (Å²) in [5.74, 6) is 0. The fraction of sp³-hybridized carbons (Fsp3) is 0.750. The third-order valence-electron chi connectivity index (χ3n) is 2.71. The lowest BCUT2D eigenvalue weighted by atomic mass is 9.98. The number of carbonyl (C=O) groups is 1. The van der Waals surface area contributed by atoms with Gasteiger partial charge in [0.05, 0.1) is 5.01 Å². The third-order valence-corrected chi connectivity index (χ3v) is 4.13. The first-order valence-corrected chi connectivity index (χ1v) is 8.44. The van der Waals surface area contributed by atoms with Crippen molar-refractivity contribution in [1.29, 1.82) is 0 Å². The first-order chi connectivity index (χ1) is 9.97. The van der Waals surface area contributed by atoms with Crippen LogP contribution < -0.4 is 10.6 Å². The van der Waals surface area contributed by atoms with E-state index >= 15 is 0 Å². The van der Waals surface area contributed by atoms with Crippen LogP contribution in [-0.2, 0) is 16.7 Å². The van der Waals surface area contributed by atoms with E-state index in [1.807, 2.05) is 33.9 Å². The quantitative estimate of drug-likeness (QED) is 0.869. The predicted octanol–water partition coefficient (Wildman–Crippen LogP) is 3.44. The molecule has 0 saturated heterocycles. The van der Waals surface area contributed by atoms with E-state index in [-0.39, 0.29) is 17.6 Å². The van der Waals surface area contributed by atoms with Gasteiger partial charge in [-0.3, -0.25) is 0 Å². The van der Waals surface area contributed by atoms with E-state index in [1.54, 1.807) is 11.3 Å². The van der Waals surface area contributed by atoms with Crippen LogP contribution in [0.5, 0.6) is 0 Å². The van der Waals surface area contributed by atoms with Crippen molar-refractivity contribution < 1.29 is 9.53 Å². The maximum atomic E-state index is 11.6. The number of aromatic nitrogens is 1. The van der Waals surface area contributed by atoms with Gasteiger partial charge in [-0.05, 0) is 27.7 Å². The summed E-state index contributed by atoms with van der Waals surface area (Å²) in [5.41, 5.74) is -0.377. The van der Waals surface area contributed by atoms with Crippen LogP contribution in [0.3, 0.4) is 0 Å². The summed E-state index contributed by atoms with van der Waals surface area (Å²) in [6.45, 7) is 15.4. The Bertz CT molecular complexity index is 486. The number of rotatable bonds is 5. The molecule has 1 aromatic heterocycles. The summed E-state index contributed by atoms with van der Waals surface area (Å²) in [5, 5.41) is 7.29. The summed E-state index contributed by atoms with van der Waals surface area (Å²) in [6, 6.07) is 0.00450. The summed E-state index contributed by atoms with van der Waals surface area (Å²) < 4.78 is 5.23. The average molecular weight is 327 g/mol. The fourth-order valence-corrected chi connectivity index (χ4v) is 2.65. The van der Waals surface area contributed by atoms with Gasteiger partial charge >= 0.3 is 6.09 Å². The fourth-order valence-electron chi connectivity index (χ4n) is 1.71. The molecule has 0 radical (unpaired) electrons. The minimum Gasteiger partial charge on any atom is -0.444 e. The summed E-state index contributed by atoms with van der Waals surface area (Å²) in [4.78, 5) is 17.3. The van der Waals surface area contributed by atoms with Crippen LogP contribution in [0, 0.1) is 0 Å². The Morgan fingerprint density at radius 1 is 1.32 bits per heavy atom. The second-order valence-electron chi connectivity index (χ2n) is 7.56. The molecule has 0 bridgehead atoms. The van der Waals surface area contributed by atoms with Gasteiger partial charge in [0.2, 0.25) is 0 Å². The number of carbonyl (C=O) groups excluding carboxylic acids is 1. The van der Waals surface area contributed by atoms with Crippen LogP contribution in [0.15, 0.2) is 6.20 Å². The normalized spacial score (nSPS) is 13.8. The molecule has 2 N–H and O–H groups in total. The van der Waals surface area contributed by atoms with E-state index in [1.165, 1.54) is 4.88 Å². The average Bonchev–Trinajstić information content (AvgIpc) is 2.74. The van der Waals surface area contributed by atoms with Crippen molar-refractivity contribution in [1.82, 2.24) is 15.6 Å². The van der Waals surface area contributed by atoms with Gasteiger partial charge in [0.25, 0.3) is 0 Å². The molecule has 5 nitrogen and oxygen atoms in total. The van der Waals surface area contributed by atoms with Gasteiger partial charge in [-0.15, -0.1) is 11.3 Å². The number of amides is 1. The number of hydrogen-bond donors (Lipinski definition) is 2. The number of thiazole rings is 1. The molecule has 1 unspecified atom stereocenters.